The fourth-order valence-corrected chi connectivity index (χ4v) is 2.91. The first-order chi connectivity index (χ1) is 8.16. The molecule has 0 aliphatic carbocycles. The van der Waals surface area contributed by atoms with Gasteiger partial charge in [0, 0.05) is 14.7 Å². The van der Waals surface area contributed by atoms with Crippen LogP contribution in [0.15, 0.2) is 40.2 Å². The molecule has 88 valence electrons. The molecule has 0 spiro atoms. The van der Waals surface area contributed by atoms with Gasteiger partial charge in [0.2, 0.25) is 0 Å². The number of thiocarbonyl (C=S) groups is 1. The summed E-state index contributed by atoms with van der Waals surface area (Å²) in [6.45, 7) is 0.524. The van der Waals surface area contributed by atoms with E-state index >= 15 is 0 Å². The summed E-state index contributed by atoms with van der Waals surface area (Å²) in [5.74, 6) is 0.726. The van der Waals surface area contributed by atoms with Crippen LogP contribution in [-0.2, 0) is 6.61 Å². The number of ether oxygens (including phenoxy) is 1. The van der Waals surface area contributed by atoms with Crippen LogP contribution in [0.5, 0.6) is 5.75 Å². The van der Waals surface area contributed by atoms with Crippen molar-refractivity contribution in [2.24, 2.45) is 5.73 Å². The number of hydrogen-bond donors (Lipinski definition) is 1. The summed E-state index contributed by atoms with van der Waals surface area (Å²) in [6.07, 6.45) is 0. The van der Waals surface area contributed by atoms with Crippen LogP contribution in [-0.4, -0.2) is 4.99 Å². The Labute approximate surface area is 118 Å². The number of rotatable bonds is 4. The monoisotopic (exact) mass is 327 g/mol. The van der Waals surface area contributed by atoms with Crippen molar-refractivity contribution in [3.8, 4) is 5.75 Å². The molecule has 0 bridgehead atoms. The molecule has 2 nitrogen and oxygen atoms in total. The third kappa shape index (κ3) is 3.28. The van der Waals surface area contributed by atoms with Crippen LogP contribution in [0.4, 0.5) is 0 Å². The van der Waals surface area contributed by atoms with Gasteiger partial charge in [-0.25, -0.2) is 0 Å². The Kier molecular flexibility index (Phi) is 4.15. The minimum atomic E-state index is 0.355. The van der Waals surface area contributed by atoms with Crippen LogP contribution >= 0.6 is 39.5 Å². The maximum absolute atomic E-state index is 5.72. The van der Waals surface area contributed by atoms with Crippen molar-refractivity contribution >= 4 is 44.5 Å². The van der Waals surface area contributed by atoms with Crippen molar-refractivity contribution in [2.45, 2.75) is 6.61 Å². The third-order valence-electron chi connectivity index (χ3n) is 2.14. The Morgan fingerprint density at radius 2 is 2.18 bits per heavy atom. The second-order valence-corrected chi connectivity index (χ2v) is 5.73. The summed E-state index contributed by atoms with van der Waals surface area (Å²) < 4.78 is 6.79. The Morgan fingerprint density at radius 3 is 2.82 bits per heavy atom. The van der Waals surface area contributed by atoms with E-state index in [1.54, 1.807) is 11.3 Å². The summed E-state index contributed by atoms with van der Waals surface area (Å²) in [5.41, 5.74) is 6.41. The fourth-order valence-electron chi connectivity index (χ4n) is 1.37. The highest BCUT2D eigenvalue weighted by molar-refractivity contribution is 9.10. The van der Waals surface area contributed by atoms with Gasteiger partial charge in [-0.3, -0.25) is 0 Å². The van der Waals surface area contributed by atoms with E-state index in [1.165, 1.54) is 0 Å². The van der Waals surface area contributed by atoms with Crippen LogP contribution in [0.25, 0.3) is 0 Å². The second kappa shape index (κ2) is 5.62. The molecule has 0 amide bonds. The molecule has 0 saturated heterocycles. The van der Waals surface area contributed by atoms with Gasteiger partial charge >= 0.3 is 0 Å². The number of hydrogen-bond acceptors (Lipinski definition) is 3. The topological polar surface area (TPSA) is 35.2 Å². The molecule has 5 heteroatoms. The van der Waals surface area contributed by atoms with E-state index in [1.807, 2.05) is 35.7 Å². The van der Waals surface area contributed by atoms with Crippen molar-refractivity contribution in [1.82, 2.24) is 0 Å². The lowest BCUT2D eigenvalue weighted by molar-refractivity contribution is 0.309. The maximum atomic E-state index is 5.72. The standard InChI is InChI=1S/C12H10BrNOS2/c13-8-5-9(17-7-8)6-15-11-4-2-1-3-10(11)12(14)16/h1-5,7H,6H2,(H2,14,16). The van der Waals surface area contributed by atoms with E-state index in [-0.39, 0.29) is 0 Å². The van der Waals surface area contributed by atoms with Gasteiger partial charge in [0.15, 0.2) is 0 Å². The van der Waals surface area contributed by atoms with Crippen LogP contribution in [0.3, 0.4) is 0 Å². The molecule has 17 heavy (non-hydrogen) atoms. The summed E-state index contributed by atoms with van der Waals surface area (Å²) in [5, 5.41) is 2.03. The van der Waals surface area contributed by atoms with Crippen molar-refractivity contribution in [3.63, 3.8) is 0 Å². The fraction of sp³-hybridized carbons (Fsp3) is 0.0833. The largest absolute Gasteiger partial charge is 0.487 e. The number of nitrogens with two attached hydrogens (primary N) is 1. The predicted molar refractivity (Wildman–Crippen MR) is 78.7 cm³/mol. The van der Waals surface area contributed by atoms with Gasteiger partial charge in [0.05, 0.1) is 5.56 Å². The van der Waals surface area contributed by atoms with E-state index in [4.69, 9.17) is 22.7 Å². The predicted octanol–water partition coefficient (Wildman–Crippen LogP) is 3.72. The summed E-state index contributed by atoms with van der Waals surface area (Å²) in [7, 11) is 0. The Hall–Kier alpha value is -0.910. The number of halogens is 1. The molecule has 2 N–H and O–H groups in total. The maximum Gasteiger partial charge on any atom is 0.130 e. The van der Waals surface area contributed by atoms with Gasteiger partial charge in [0.25, 0.3) is 0 Å². The molecule has 0 aliphatic heterocycles. The number of thiophene rings is 1. The minimum Gasteiger partial charge on any atom is -0.487 e. The molecule has 0 radical (unpaired) electrons. The molecule has 0 saturated carbocycles. The summed E-state index contributed by atoms with van der Waals surface area (Å²) >= 11 is 10.0. The number of benzene rings is 1. The lowest BCUT2D eigenvalue weighted by atomic mass is 10.2. The lowest BCUT2D eigenvalue weighted by Crippen LogP contribution is -2.11. The number of para-hydroxylation sites is 1. The van der Waals surface area contributed by atoms with Crippen LogP contribution in [0, 0.1) is 0 Å². The Bertz CT molecular complexity index is 539. The van der Waals surface area contributed by atoms with E-state index in [0.29, 0.717) is 11.6 Å². The Morgan fingerprint density at radius 1 is 1.41 bits per heavy atom. The van der Waals surface area contributed by atoms with Gasteiger partial charge in [-0.15, -0.1) is 11.3 Å². The van der Waals surface area contributed by atoms with Gasteiger partial charge in [-0.1, -0.05) is 24.4 Å². The van der Waals surface area contributed by atoms with Crippen molar-refractivity contribution in [2.75, 3.05) is 0 Å². The van der Waals surface area contributed by atoms with E-state index in [2.05, 4.69) is 15.9 Å². The first-order valence-electron chi connectivity index (χ1n) is 4.91. The molecule has 1 aromatic carbocycles. The molecule has 0 fully saturated rings. The van der Waals surface area contributed by atoms with Crippen LogP contribution < -0.4 is 10.5 Å². The van der Waals surface area contributed by atoms with Gasteiger partial charge in [-0.05, 0) is 34.1 Å². The summed E-state index contributed by atoms with van der Waals surface area (Å²) in [6, 6.07) is 9.57. The highest BCUT2D eigenvalue weighted by Crippen LogP contribution is 2.23. The van der Waals surface area contributed by atoms with Crippen molar-refractivity contribution in [3.05, 3.63) is 50.6 Å². The molecule has 2 aromatic rings. The first kappa shape index (κ1) is 12.5. The smallest absolute Gasteiger partial charge is 0.130 e. The highest BCUT2D eigenvalue weighted by Gasteiger charge is 2.06. The van der Waals surface area contributed by atoms with Crippen molar-refractivity contribution < 1.29 is 4.74 Å². The van der Waals surface area contributed by atoms with Crippen LogP contribution in [0.2, 0.25) is 0 Å². The molecular weight excluding hydrogens is 318 g/mol. The highest BCUT2D eigenvalue weighted by atomic mass is 79.9. The third-order valence-corrected chi connectivity index (χ3v) is 4.04. The van der Waals surface area contributed by atoms with Crippen LogP contribution in [0.1, 0.15) is 10.4 Å². The summed E-state index contributed by atoms with van der Waals surface area (Å²) in [4.78, 5) is 1.50. The average Bonchev–Trinajstić information content (AvgIpc) is 2.73. The molecule has 0 unspecified atom stereocenters. The van der Waals surface area contributed by atoms with E-state index in [0.717, 1.165) is 20.7 Å². The second-order valence-electron chi connectivity index (χ2n) is 3.38. The molecule has 1 heterocycles. The Balaban J connectivity index is 2.11. The van der Waals surface area contributed by atoms with Gasteiger partial charge < -0.3 is 10.5 Å². The first-order valence-corrected chi connectivity index (χ1v) is 6.99. The molecule has 0 aliphatic rings. The molecule has 0 atom stereocenters. The molecule has 1 aromatic heterocycles. The molecule has 2 rings (SSSR count). The SMILES string of the molecule is NC(=S)c1ccccc1OCc1cc(Br)cs1. The van der Waals surface area contributed by atoms with E-state index < -0.39 is 0 Å². The van der Waals surface area contributed by atoms with E-state index in [9.17, 15) is 0 Å². The minimum absolute atomic E-state index is 0.355. The molecular formula is C12H10BrNOS2. The zero-order valence-electron chi connectivity index (χ0n) is 8.85. The average molecular weight is 328 g/mol. The lowest BCUT2D eigenvalue weighted by Gasteiger charge is -2.09. The van der Waals surface area contributed by atoms with Gasteiger partial charge in [-0.2, -0.15) is 0 Å². The normalized spacial score (nSPS) is 10.2. The zero-order chi connectivity index (χ0) is 12.3. The van der Waals surface area contributed by atoms with Gasteiger partial charge in [0.1, 0.15) is 17.3 Å². The van der Waals surface area contributed by atoms with Crippen molar-refractivity contribution in [1.29, 1.82) is 0 Å². The quantitative estimate of drug-likeness (QED) is 0.869. The zero-order valence-corrected chi connectivity index (χ0v) is 12.1.